The first-order valence-electron chi connectivity index (χ1n) is 2.52. The zero-order chi connectivity index (χ0) is 5.98. The van der Waals surface area contributed by atoms with Gasteiger partial charge in [0.15, 0.2) is 0 Å². The maximum atomic E-state index is 5.71. The summed E-state index contributed by atoms with van der Waals surface area (Å²) in [4.78, 5) is 0. The molecule has 0 fully saturated rings. The molecule has 1 rings (SSSR count). The quantitative estimate of drug-likeness (QED) is 0.613. The minimum Gasteiger partial charge on any atom is -0.344 e. The summed E-state index contributed by atoms with van der Waals surface area (Å²) in [7, 11) is 0. The van der Waals surface area contributed by atoms with E-state index < -0.39 is 0 Å². The lowest BCUT2D eigenvalue weighted by Gasteiger charge is -1.90. The Balaban J connectivity index is 0. The lowest BCUT2D eigenvalue weighted by Crippen LogP contribution is -1.68. The molecule has 58 valence electrons. The van der Waals surface area contributed by atoms with E-state index in [0.717, 1.165) is 10.6 Å². The van der Waals surface area contributed by atoms with Gasteiger partial charge in [-0.1, -0.05) is 29.8 Å². The van der Waals surface area contributed by atoms with Gasteiger partial charge in [-0.25, -0.2) is 0 Å². The Kier molecular flexibility index (Phi) is 6.35. The molecule has 1 aromatic rings. The van der Waals surface area contributed by atoms with E-state index in [9.17, 15) is 0 Å². The Bertz CT molecular complexity index is 168. The number of benzene rings is 1. The molecule has 0 radical (unpaired) electrons. The molecule has 0 amide bonds. The average Bonchev–Trinajstić information content (AvgIpc) is 1.77. The minimum atomic E-state index is 0. The molecule has 0 saturated carbocycles. The van der Waals surface area contributed by atoms with E-state index in [0.29, 0.717) is 0 Å². The number of aryl methyl sites for hydroxylation is 1. The molecule has 6 N–H and O–H groups in total. The zero-order valence-electron chi connectivity index (χ0n) is 6.10. The Morgan fingerprint density at radius 3 is 1.90 bits per heavy atom. The van der Waals surface area contributed by atoms with Gasteiger partial charge in [0.2, 0.25) is 0 Å². The summed E-state index contributed by atoms with van der Waals surface area (Å²) >= 11 is 5.71. The molecule has 0 heterocycles. The van der Waals surface area contributed by atoms with Gasteiger partial charge >= 0.3 is 0 Å². The van der Waals surface area contributed by atoms with Gasteiger partial charge in [0, 0.05) is 5.02 Å². The van der Waals surface area contributed by atoms with Crippen molar-refractivity contribution in [2.45, 2.75) is 6.92 Å². The molecule has 0 aliphatic heterocycles. The van der Waals surface area contributed by atoms with Crippen LogP contribution in [0.3, 0.4) is 0 Å². The van der Waals surface area contributed by atoms with E-state index in [1.54, 1.807) is 0 Å². The van der Waals surface area contributed by atoms with E-state index >= 15 is 0 Å². The van der Waals surface area contributed by atoms with E-state index in [1.165, 1.54) is 0 Å². The van der Waals surface area contributed by atoms with Gasteiger partial charge in [-0.2, -0.15) is 0 Å². The van der Waals surface area contributed by atoms with Crippen LogP contribution >= 0.6 is 11.6 Å². The van der Waals surface area contributed by atoms with Gasteiger partial charge in [-0.15, -0.1) is 0 Å². The van der Waals surface area contributed by atoms with Crippen molar-refractivity contribution >= 4 is 11.6 Å². The highest BCUT2D eigenvalue weighted by molar-refractivity contribution is 6.31. The normalized spacial score (nSPS) is 7.40. The molecule has 1 aromatic carbocycles. The van der Waals surface area contributed by atoms with Crippen molar-refractivity contribution < 1.29 is 0 Å². The maximum Gasteiger partial charge on any atom is 0.0435 e. The molecule has 0 aromatic heterocycles. The fraction of sp³-hybridized carbons (Fsp3) is 0.143. The standard InChI is InChI=1S/C7H7Cl.2H3N/c1-6-4-2-3-5-7(6)8;;/h2-5H,1H3;2*1H3. The van der Waals surface area contributed by atoms with E-state index in [-0.39, 0.29) is 12.3 Å². The van der Waals surface area contributed by atoms with Crippen molar-refractivity contribution in [1.82, 2.24) is 12.3 Å². The van der Waals surface area contributed by atoms with Crippen molar-refractivity contribution in [3.8, 4) is 0 Å². The number of hydrogen-bond acceptors (Lipinski definition) is 2. The van der Waals surface area contributed by atoms with Crippen LogP contribution < -0.4 is 12.3 Å². The van der Waals surface area contributed by atoms with E-state index in [4.69, 9.17) is 11.6 Å². The SMILES string of the molecule is Cc1ccccc1Cl.N.N. The van der Waals surface area contributed by atoms with Gasteiger partial charge < -0.3 is 12.3 Å². The highest BCUT2D eigenvalue weighted by Crippen LogP contribution is 2.11. The Morgan fingerprint density at radius 1 is 1.10 bits per heavy atom. The third kappa shape index (κ3) is 2.82. The lowest BCUT2D eigenvalue weighted by atomic mass is 10.2. The molecule has 0 aliphatic rings. The fourth-order valence-corrected chi connectivity index (χ4v) is 0.687. The topological polar surface area (TPSA) is 70.0 Å². The second-order valence-corrected chi connectivity index (χ2v) is 2.16. The summed E-state index contributed by atoms with van der Waals surface area (Å²) in [5, 5.41) is 0.840. The summed E-state index contributed by atoms with van der Waals surface area (Å²) in [5.74, 6) is 0. The molecule has 10 heavy (non-hydrogen) atoms. The second-order valence-electron chi connectivity index (χ2n) is 1.75. The summed E-state index contributed by atoms with van der Waals surface area (Å²) in [6, 6.07) is 7.77. The van der Waals surface area contributed by atoms with Gasteiger partial charge in [-0.05, 0) is 18.6 Å². The monoisotopic (exact) mass is 160 g/mol. The van der Waals surface area contributed by atoms with Crippen LogP contribution in [-0.2, 0) is 0 Å². The van der Waals surface area contributed by atoms with Crippen LogP contribution in [0, 0.1) is 6.92 Å². The van der Waals surface area contributed by atoms with Gasteiger partial charge in [0.05, 0.1) is 0 Å². The molecule has 0 aliphatic carbocycles. The average molecular weight is 161 g/mol. The van der Waals surface area contributed by atoms with Gasteiger partial charge in [0.25, 0.3) is 0 Å². The molecule has 0 unspecified atom stereocenters. The van der Waals surface area contributed by atoms with Crippen molar-refractivity contribution in [3.63, 3.8) is 0 Å². The first-order valence-corrected chi connectivity index (χ1v) is 2.89. The van der Waals surface area contributed by atoms with Crippen LogP contribution in [0.5, 0.6) is 0 Å². The molecule has 3 heteroatoms. The van der Waals surface area contributed by atoms with Gasteiger partial charge in [-0.3, -0.25) is 0 Å². The third-order valence-electron chi connectivity index (χ3n) is 1.08. The van der Waals surface area contributed by atoms with E-state index in [2.05, 4.69) is 0 Å². The lowest BCUT2D eigenvalue weighted by molar-refractivity contribution is 1.47. The summed E-state index contributed by atoms with van der Waals surface area (Å²) in [6.07, 6.45) is 0. The Labute approximate surface area is 66.4 Å². The molecule has 0 spiro atoms. The van der Waals surface area contributed by atoms with Crippen LogP contribution in [0.4, 0.5) is 0 Å². The smallest absolute Gasteiger partial charge is 0.0435 e. The van der Waals surface area contributed by atoms with Crippen LogP contribution in [0.15, 0.2) is 24.3 Å². The number of hydrogen-bond donors (Lipinski definition) is 2. The van der Waals surface area contributed by atoms with Crippen LogP contribution in [-0.4, -0.2) is 0 Å². The molecule has 0 bridgehead atoms. The summed E-state index contributed by atoms with van der Waals surface area (Å²) in [5.41, 5.74) is 1.13. The third-order valence-corrected chi connectivity index (χ3v) is 1.50. The second kappa shape index (κ2) is 5.23. The highest BCUT2D eigenvalue weighted by Gasteiger charge is 1.86. The molecular formula is C7H13ClN2. The fourth-order valence-electron chi connectivity index (χ4n) is 0.551. The number of halogens is 1. The minimum absolute atomic E-state index is 0. The van der Waals surface area contributed by atoms with Crippen molar-refractivity contribution in [2.75, 3.05) is 0 Å². The van der Waals surface area contributed by atoms with Crippen molar-refractivity contribution in [1.29, 1.82) is 0 Å². The van der Waals surface area contributed by atoms with E-state index in [1.807, 2.05) is 31.2 Å². The molecule has 0 atom stereocenters. The summed E-state index contributed by atoms with van der Waals surface area (Å²) < 4.78 is 0. The van der Waals surface area contributed by atoms with Crippen LogP contribution in [0.2, 0.25) is 5.02 Å². The van der Waals surface area contributed by atoms with Crippen molar-refractivity contribution in [2.24, 2.45) is 0 Å². The Morgan fingerprint density at radius 2 is 1.60 bits per heavy atom. The molecule has 2 nitrogen and oxygen atoms in total. The summed E-state index contributed by atoms with van der Waals surface area (Å²) in [6.45, 7) is 1.99. The largest absolute Gasteiger partial charge is 0.344 e. The van der Waals surface area contributed by atoms with Gasteiger partial charge in [0.1, 0.15) is 0 Å². The Hall–Kier alpha value is -0.570. The van der Waals surface area contributed by atoms with Crippen LogP contribution in [0.25, 0.3) is 0 Å². The predicted octanol–water partition coefficient (Wildman–Crippen LogP) is 2.97. The zero-order valence-corrected chi connectivity index (χ0v) is 6.86. The molecular weight excluding hydrogens is 148 g/mol. The highest BCUT2D eigenvalue weighted by atomic mass is 35.5. The number of rotatable bonds is 0. The van der Waals surface area contributed by atoms with Crippen LogP contribution in [0.1, 0.15) is 5.56 Å². The first kappa shape index (κ1) is 12.1. The maximum absolute atomic E-state index is 5.71. The predicted molar refractivity (Wildman–Crippen MR) is 46.2 cm³/mol. The first-order chi connectivity index (χ1) is 3.80. The van der Waals surface area contributed by atoms with Crippen molar-refractivity contribution in [3.05, 3.63) is 34.9 Å². The molecule has 0 saturated heterocycles.